The second kappa shape index (κ2) is 8.08. The van der Waals surface area contributed by atoms with Crippen molar-refractivity contribution in [3.8, 4) is 5.88 Å². The van der Waals surface area contributed by atoms with Gasteiger partial charge in [0.15, 0.2) is 5.65 Å². The Balaban J connectivity index is 1.38. The van der Waals surface area contributed by atoms with Crippen LogP contribution in [0.25, 0.3) is 21.9 Å². The molecule has 1 fully saturated rings. The van der Waals surface area contributed by atoms with Crippen molar-refractivity contribution in [2.75, 3.05) is 7.11 Å². The zero-order chi connectivity index (χ0) is 21.5. The summed E-state index contributed by atoms with van der Waals surface area (Å²) in [6.45, 7) is 2.19. The average molecular weight is 439 g/mol. The lowest BCUT2D eigenvalue weighted by Gasteiger charge is -2.33. The molecule has 3 aromatic heterocycles. The molecule has 5 rings (SSSR count). The molecule has 0 N–H and O–H groups in total. The van der Waals surface area contributed by atoms with Gasteiger partial charge in [-0.1, -0.05) is 11.6 Å². The van der Waals surface area contributed by atoms with E-state index in [1.807, 2.05) is 16.9 Å². The van der Waals surface area contributed by atoms with Gasteiger partial charge in [-0.3, -0.25) is 4.98 Å². The third-order valence-corrected chi connectivity index (χ3v) is 6.89. The summed E-state index contributed by atoms with van der Waals surface area (Å²) in [7, 11) is 1.66. The van der Waals surface area contributed by atoms with Crippen molar-refractivity contribution in [3.63, 3.8) is 0 Å². The van der Waals surface area contributed by atoms with E-state index in [1.54, 1.807) is 25.4 Å². The van der Waals surface area contributed by atoms with E-state index in [-0.39, 0.29) is 11.9 Å². The lowest BCUT2D eigenvalue weighted by Crippen LogP contribution is -2.23. The van der Waals surface area contributed by atoms with Gasteiger partial charge in [0.1, 0.15) is 5.82 Å². The molecular formula is C24H24ClFN4O. The van der Waals surface area contributed by atoms with Gasteiger partial charge in [-0.15, -0.1) is 5.10 Å². The molecule has 0 saturated heterocycles. The fourth-order valence-corrected chi connectivity index (χ4v) is 5.19. The van der Waals surface area contributed by atoms with Crippen LogP contribution in [0.1, 0.15) is 50.1 Å². The zero-order valence-electron chi connectivity index (χ0n) is 17.6. The largest absolute Gasteiger partial charge is 0.481 e. The number of methoxy groups -OCH3 is 1. The summed E-state index contributed by atoms with van der Waals surface area (Å²) < 4.78 is 21.5. The molecule has 0 aliphatic heterocycles. The number of pyridine rings is 2. The van der Waals surface area contributed by atoms with Crippen LogP contribution in [0.4, 0.5) is 4.39 Å². The number of ether oxygens (including phenoxy) is 1. The number of hydrogen-bond acceptors (Lipinski definition) is 4. The standard InChI is InChI=1S/C24H24ClFN4O/c1-14(30-24(31-2)21-11-17(25)13-28-23(21)29-30)15-3-5-16(6-4-15)19-9-10-27-22-8-7-18(26)12-20(19)22/h7-16H,3-6H2,1-2H3/t14-,15?,16?/m1/s1. The molecule has 1 atom stereocenters. The Bertz CT molecular complexity index is 1250. The van der Waals surface area contributed by atoms with Crippen molar-refractivity contribution in [1.29, 1.82) is 0 Å². The number of hydrogen-bond donors (Lipinski definition) is 0. The van der Waals surface area contributed by atoms with Crippen molar-refractivity contribution >= 4 is 33.5 Å². The minimum absolute atomic E-state index is 0.176. The summed E-state index contributed by atoms with van der Waals surface area (Å²) in [6.07, 6.45) is 7.69. The molecule has 0 unspecified atom stereocenters. The van der Waals surface area contributed by atoms with E-state index < -0.39 is 0 Å². The summed E-state index contributed by atoms with van der Waals surface area (Å²) in [4.78, 5) is 8.74. The van der Waals surface area contributed by atoms with Crippen LogP contribution in [0.5, 0.6) is 5.88 Å². The third kappa shape index (κ3) is 3.63. The van der Waals surface area contributed by atoms with E-state index in [0.717, 1.165) is 42.0 Å². The fraction of sp³-hybridized carbons (Fsp3) is 0.375. The molecule has 1 aliphatic rings. The van der Waals surface area contributed by atoms with Gasteiger partial charge in [0.25, 0.3) is 0 Å². The fourth-order valence-electron chi connectivity index (χ4n) is 5.03. The normalized spacial score (nSPS) is 20.3. The lowest BCUT2D eigenvalue weighted by molar-refractivity contribution is 0.219. The Kier molecular flexibility index (Phi) is 5.26. The minimum atomic E-state index is -0.212. The monoisotopic (exact) mass is 438 g/mol. The van der Waals surface area contributed by atoms with Crippen molar-refractivity contribution < 1.29 is 9.13 Å². The highest BCUT2D eigenvalue weighted by molar-refractivity contribution is 6.31. The Morgan fingerprint density at radius 3 is 2.68 bits per heavy atom. The number of halogens is 2. The van der Waals surface area contributed by atoms with Gasteiger partial charge in [-0.2, -0.15) is 0 Å². The zero-order valence-corrected chi connectivity index (χ0v) is 18.3. The molecule has 0 radical (unpaired) electrons. The van der Waals surface area contributed by atoms with Gasteiger partial charge in [-0.05, 0) is 80.3 Å². The molecule has 5 nitrogen and oxygen atoms in total. The van der Waals surface area contributed by atoms with E-state index in [2.05, 4.69) is 23.0 Å². The first-order valence-corrected chi connectivity index (χ1v) is 11.0. The molecule has 0 amide bonds. The van der Waals surface area contributed by atoms with Gasteiger partial charge < -0.3 is 4.74 Å². The molecule has 1 saturated carbocycles. The Hall–Kier alpha value is -2.73. The molecule has 4 aromatic rings. The summed E-state index contributed by atoms with van der Waals surface area (Å²) in [5, 5.41) is 7.03. The van der Waals surface area contributed by atoms with Crippen molar-refractivity contribution in [3.05, 3.63) is 59.1 Å². The van der Waals surface area contributed by atoms with Gasteiger partial charge in [-0.25, -0.2) is 14.1 Å². The SMILES string of the molecule is COc1c2cc(Cl)cnc2nn1[C@H](C)C1CCC(c2ccnc3ccc(F)cc23)CC1. The van der Waals surface area contributed by atoms with Gasteiger partial charge in [0.2, 0.25) is 5.88 Å². The number of benzene rings is 1. The van der Waals surface area contributed by atoms with Crippen LogP contribution in [-0.4, -0.2) is 26.9 Å². The van der Waals surface area contributed by atoms with Crippen LogP contribution in [0.15, 0.2) is 42.7 Å². The van der Waals surface area contributed by atoms with Crippen molar-refractivity contribution in [1.82, 2.24) is 19.7 Å². The number of nitrogens with zero attached hydrogens (tertiary/aromatic N) is 4. The van der Waals surface area contributed by atoms with Crippen molar-refractivity contribution in [2.45, 2.75) is 44.6 Å². The Morgan fingerprint density at radius 2 is 1.90 bits per heavy atom. The topological polar surface area (TPSA) is 52.8 Å². The average Bonchev–Trinajstić information content (AvgIpc) is 3.16. The Morgan fingerprint density at radius 1 is 1.10 bits per heavy atom. The molecule has 3 heterocycles. The Labute approximate surface area is 185 Å². The molecule has 31 heavy (non-hydrogen) atoms. The molecule has 7 heteroatoms. The summed E-state index contributed by atoms with van der Waals surface area (Å²) in [6, 6.07) is 8.93. The van der Waals surface area contributed by atoms with Crippen molar-refractivity contribution in [2.24, 2.45) is 5.92 Å². The number of fused-ring (bicyclic) bond motifs is 2. The van der Waals surface area contributed by atoms with E-state index in [1.165, 1.54) is 11.6 Å². The molecule has 1 aliphatic carbocycles. The van der Waals surface area contributed by atoms with Gasteiger partial charge >= 0.3 is 0 Å². The maximum absolute atomic E-state index is 13.9. The lowest BCUT2D eigenvalue weighted by atomic mass is 9.75. The highest BCUT2D eigenvalue weighted by atomic mass is 35.5. The van der Waals surface area contributed by atoms with E-state index >= 15 is 0 Å². The van der Waals surface area contributed by atoms with Crippen LogP contribution in [0.2, 0.25) is 5.02 Å². The third-order valence-electron chi connectivity index (χ3n) is 6.68. The molecular weight excluding hydrogens is 415 g/mol. The highest BCUT2D eigenvalue weighted by Gasteiger charge is 2.30. The molecule has 0 spiro atoms. The molecule has 1 aromatic carbocycles. The summed E-state index contributed by atoms with van der Waals surface area (Å²) in [5.74, 6) is 1.38. The second-order valence-corrected chi connectivity index (χ2v) is 8.83. The molecule has 0 bridgehead atoms. The molecule has 160 valence electrons. The quantitative estimate of drug-likeness (QED) is 0.374. The minimum Gasteiger partial charge on any atom is -0.481 e. The van der Waals surface area contributed by atoms with Gasteiger partial charge in [0.05, 0.1) is 29.1 Å². The maximum Gasteiger partial charge on any atom is 0.221 e. The van der Waals surface area contributed by atoms with Gasteiger partial charge in [0, 0.05) is 17.8 Å². The van der Waals surface area contributed by atoms with Crippen LogP contribution in [0, 0.1) is 11.7 Å². The van der Waals surface area contributed by atoms with Crippen LogP contribution >= 0.6 is 11.6 Å². The highest BCUT2D eigenvalue weighted by Crippen LogP contribution is 2.43. The smallest absolute Gasteiger partial charge is 0.221 e. The first-order chi connectivity index (χ1) is 15.0. The van der Waals surface area contributed by atoms with E-state index in [9.17, 15) is 4.39 Å². The number of aromatic nitrogens is 4. The van der Waals surface area contributed by atoms with E-state index in [4.69, 9.17) is 21.4 Å². The maximum atomic E-state index is 13.9. The predicted octanol–water partition coefficient (Wildman–Crippen LogP) is 6.32. The first kappa shape index (κ1) is 20.2. The summed E-state index contributed by atoms with van der Waals surface area (Å²) >= 11 is 6.13. The van der Waals surface area contributed by atoms with Crippen LogP contribution < -0.4 is 4.74 Å². The van der Waals surface area contributed by atoms with E-state index in [0.29, 0.717) is 28.4 Å². The second-order valence-electron chi connectivity index (χ2n) is 8.39. The first-order valence-electron chi connectivity index (χ1n) is 10.7. The predicted molar refractivity (Wildman–Crippen MR) is 120 cm³/mol. The number of rotatable bonds is 4. The summed E-state index contributed by atoms with van der Waals surface area (Å²) in [5.41, 5.74) is 2.71. The van der Waals surface area contributed by atoms with Crippen LogP contribution in [-0.2, 0) is 0 Å². The van der Waals surface area contributed by atoms with Crippen LogP contribution in [0.3, 0.4) is 0 Å².